The van der Waals surface area contributed by atoms with Crippen molar-refractivity contribution in [1.82, 2.24) is 9.80 Å². The molecule has 0 aromatic heterocycles. The summed E-state index contributed by atoms with van der Waals surface area (Å²) in [5.41, 5.74) is 3.31. The van der Waals surface area contributed by atoms with E-state index in [9.17, 15) is 0 Å². The van der Waals surface area contributed by atoms with E-state index in [1.165, 1.54) is 45.6 Å². The Hall–Kier alpha value is -0.340. The molecule has 2 heteroatoms. The van der Waals surface area contributed by atoms with Crippen LogP contribution in [-0.4, -0.2) is 49.6 Å². The summed E-state index contributed by atoms with van der Waals surface area (Å²) < 4.78 is 0. The molecular weight excluding hydrogens is 208 g/mol. The lowest BCUT2D eigenvalue weighted by Gasteiger charge is -2.35. The highest BCUT2D eigenvalue weighted by atomic mass is 15.1. The summed E-state index contributed by atoms with van der Waals surface area (Å²) in [6.07, 6.45) is 2.68. The average Bonchev–Trinajstić information content (AvgIpc) is 2.59. The maximum Gasteiger partial charge on any atom is 0.0196 e. The number of nitrogens with zero attached hydrogens (tertiary/aromatic N) is 2. The first-order valence-electron chi connectivity index (χ1n) is 7.14. The molecule has 0 amide bonds. The zero-order valence-corrected chi connectivity index (χ0v) is 12.0. The Labute approximate surface area is 107 Å². The van der Waals surface area contributed by atoms with Gasteiger partial charge in [0, 0.05) is 26.2 Å². The van der Waals surface area contributed by atoms with Crippen molar-refractivity contribution in [3.63, 3.8) is 0 Å². The summed E-state index contributed by atoms with van der Waals surface area (Å²) in [7, 11) is 2.22. The summed E-state index contributed by atoms with van der Waals surface area (Å²) in [5, 5.41) is 0. The van der Waals surface area contributed by atoms with Crippen LogP contribution in [0.2, 0.25) is 0 Å². The van der Waals surface area contributed by atoms with E-state index in [1.807, 2.05) is 0 Å². The lowest BCUT2D eigenvalue weighted by atomic mass is 9.88. The number of hydrogen-bond donors (Lipinski definition) is 0. The van der Waals surface area contributed by atoms with Gasteiger partial charge in [0.15, 0.2) is 0 Å². The first-order chi connectivity index (χ1) is 8.06. The van der Waals surface area contributed by atoms with E-state index in [2.05, 4.69) is 37.6 Å². The molecule has 0 saturated carbocycles. The molecule has 1 saturated heterocycles. The minimum atomic E-state index is 0.880. The zero-order chi connectivity index (χ0) is 12.4. The van der Waals surface area contributed by atoms with Gasteiger partial charge in [0.05, 0.1) is 0 Å². The van der Waals surface area contributed by atoms with Gasteiger partial charge in [-0.3, -0.25) is 4.90 Å². The molecule has 0 spiro atoms. The highest BCUT2D eigenvalue weighted by Gasteiger charge is 2.23. The van der Waals surface area contributed by atoms with E-state index < -0.39 is 0 Å². The van der Waals surface area contributed by atoms with Crippen LogP contribution in [0, 0.1) is 11.8 Å². The Bertz CT molecular complexity index is 295. The highest BCUT2D eigenvalue weighted by Crippen LogP contribution is 2.24. The van der Waals surface area contributed by atoms with Crippen LogP contribution in [-0.2, 0) is 0 Å². The second-order valence-corrected chi connectivity index (χ2v) is 6.35. The molecule has 2 rings (SSSR count). The molecule has 2 unspecified atom stereocenters. The number of likely N-dealkylation sites (tertiary alicyclic amines) is 1. The van der Waals surface area contributed by atoms with Crippen molar-refractivity contribution in [2.75, 3.05) is 39.8 Å². The second-order valence-electron chi connectivity index (χ2n) is 6.35. The first-order valence-corrected chi connectivity index (χ1v) is 7.14. The van der Waals surface area contributed by atoms with Crippen LogP contribution < -0.4 is 0 Å². The molecule has 17 heavy (non-hydrogen) atoms. The fraction of sp³-hybridized carbons (Fsp3) is 0.867. The van der Waals surface area contributed by atoms with Crippen molar-refractivity contribution in [3.05, 3.63) is 11.1 Å². The number of piperidine rings is 1. The predicted octanol–water partition coefficient (Wildman–Crippen LogP) is 2.62. The van der Waals surface area contributed by atoms with Crippen molar-refractivity contribution < 1.29 is 0 Å². The largest absolute Gasteiger partial charge is 0.303 e. The van der Waals surface area contributed by atoms with E-state index >= 15 is 0 Å². The molecular formula is C15H28N2. The summed E-state index contributed by atoms with van der Waals surface area (Å²) in [6.45, 7) is 13.4. The summed E-state index contributed by atoms with van der Waals surface area (Å²) in [4.78, 5) is 5.09. The molecule has 1 fully saturated rings. The third-order valence-corrected chi connectivity index (χ3v) is 4.72. The maximum absolute atomic E-state index is 2.67. The van der Waals surface area contributed by atoms with E-state index in [0.29, 0.717) is 0 Å². The predicted molar refractivity (Wildman–Crippen MR) is 74.2 cm³/mol. The van der Waals surface area contributed by atoms with Crippen LogP contribution in [0.25, 0.3) is 0 Å². The average molecular weight is 236 g/mol. The smallest absolute Gasteiger partial charge is 0.0196 e. The first kappa shape index (κ1) is 13.1. The third-order valence-electron chi connectivity index (χ3n) is 4.72. The molecule has 2 nitrogen and oxygen atoms in total. The van der Waals surface area contributed by atoms with Gasteiger partial charge in [-0.2, -0.15) is 0 Å². The molecule has 0 aromatic carbocycles. The molecule has 2 atom stereocenters. The van der Waals surface area contributed by atoms with Crippen LogP contribution in [0.3, 0.4) is 0 Å². The topological polar surface area (TPSA) is 6.48 Å². The third kappa shape index (κ3) is 3.32. The van der Waals surface area contributed by atoms with Gasteiger partial charge in [0.25, 0.3) is 0 Å². The number of rotatable bonds is 3. The number of likely N-dealkylation sites (N-methyl/N-ethyl adjacent to an activating group) is 1. The summed E-state index contributed by atoms with van der Waals surface area (Å²) >= 11 is 0. The van der Waals surface area contributed by atoms with Crippen LogP contribution in [0.1, 0.15) is 33.6 Å². The normalized spacial score (nSPS) is 32.5. The quantitative estimate of drug-likeness (QED) is 0.695. The van der Waals surface area contributed by atoms with Gasteiger partial charge in [-0.05, 0) is 45.2 Å². The highest BCUT2D eigenvalue weighted by molar-refractivity contribution is 5.20. The van der Waals surface area contributed by atoms with Gasteiger partial charge in [-0.1, -0.05) is 25.0 Å². The second kappa shape index (κ2) is 5.53. The molecule has 98 valence electrons. The molecule has 0 aromatic rings. The molecule has 0 radical (unpaired) electrons. The van der Waals surface area contributed by atoms with Crippen molar-refractivity contribution in [2.45, 2.75) is 33.6 Å². The van der Waals surface area contributed by atoms with Crippen LogP contribution in [0.15, 0.2) is 11.1 Å². The van der Waals surface area contributed by atoms with E-state index in [0.717, 1.165) is 11.8 Å². The van der Waals surface area contributed by atoms with Gasteiger partial charge in [0.1, 0.15) is 0 Å². The Kier molecular flexibility index (Phi) is 4.26. The molecule has 0 aliphatic carbocycles. The van der Waals surface area contributed by atoms with Crippen molar-refractivity contribution in [3.8, 4) is 0 Å². The molecule has 2 aliphatic rings. The van der Waals surface area contributed by atoms with Gasteiger partial charge in [-0.25, -0.2) is 0 Å². The Morgan fingerprint density at radius 1 is 1.18 bits per heavy atom. The van der Waals surface area contributed by atoms with Crippen molar-refractivity contribution in [2.24, 2.45) is 11.8 Å². The fourth-order valence-electron chi connectivity index (χ4n) is 3.17. The van der Waals surface area contributed by atoms with E-state index in [1.54, 1.807) is 11.1 Å². The Morgan fingerprint density at radius 3 is 2.53 bits per heavy atom. The lowest BCUT2D eigenvalue weighted by Crippen LogP contribution is -2.39. The minimum Gasteiger partial charge on any atom is -0.303 e. The summed E-state index contributed by atoms with van der Waals surface area (Å²) in [6, 6.07) is 0. The molecule has 2 aliphatic heterocycles. The van der Waals surface area contributed by atoms with Crippen molar-refractivity contribution >= 4 is 0 Å². The van der Waals surface area contributed by atoms with Crippen LogP contribution in [0.4, 0.5) is 0 Å². The maximum atomic E-state index is 2.67. The van der Waals surface area contributed by atoms with Gasteiger partial charge >= 0.3 is 0 Å². The molecule has 0 bridgehead atoms. The fourth-order valence-corrected chi connectivity index (χ4v) is 3.17. The van der Waals surface area contributed by atoms with Gasteiger partial charge in [-0.15, -0.1) is 0 Å². The monoisotopic (exact) mass is 236 g/mol. The SMILES string of the molecule is CC1=C(CCN2CCC(C)C(C)C2)CN(C)C1. The van der Waals surface area contributed by atoms with E-state index in [4.69, 9.17) is 0 Å². The van der Waals surface area contributed by atoms with Crippen molar-refractivity contribution in [1.29, 1.82) is 0 Å². The van der Waals surface area contributed by atoms with Gasteiger partial charge < -0.3 is 4.90 Å². The van der Waals surface area contributed by atoms with Crippen LogP contribution >= 0.6 is 0 Å². The Morgan fingerprint density at radius 2 is 1.94 bits per heavy atom. The lowest BCUT2D eigenvalue weighted by molar-refractivity contribution is 0.139. The van der Waals surface area contributed by atoms with Crippen LogP contribution in [0.5, 0.6) is 0 Å². The van der Waals surface area contributed by atoms with E-state index in [-0.39, 0.29) is 0 Å². The number of hydrogen-bond acceptors (Lipinski definition) is 2. The summed E-state index contributed by atoms with van der Waals surface area (Å²) in [5.74, 6) is 1.80. The molecule has 2 heterocycles. The molecule has 0 N–H and O–H groups in total. The van der Waals surface area contributed by atoms with Gasteiger partial charge in [0.2, 0.25) is 0 Å². The minimum absolute atomic E-state index is 0.880. The standard InChI is InChI=1S/C15H28N2/c1-12-5-7-17(10-13(12)2)8-6-15-11-16(4)9-14(15)3/h12-13H,5-11H2,1-4H3. The zero-order valence-electron chi connectivity index (χ0n) is 12.0. The Balaban J connectivity index is 1.77.